The molecule has 132 valence electrons. The highest BCUT2D eigenvalue weighted by atomic mass is 16.5. The van der Waals surface area contributed by atoms with E-state index in [1.807, 2.05) is 31.2 Å². The van der Waals surface area contributed by atoms with E-state index in [0.29, 0.717) is 32.6 Å². The van der Waals surface area contributed by atoms with Crippen LogP contribution in [0.4, 0.5) is 0 Å². The molecule has 1 amide bonds. The third-order valence-corrected chi connectivity index (χ3v) is 5.84. The Hall–Kier alpha value is -2.34. The third-order valence-electron chi connectivity index (χ3n) is 5.84. The maximum atomic E-state index is 12.9. The van der Waals surface area contributed by atoms with Crippen molar-refractivity contribution in [2.45, 2.75) is 19.8 Å². The second kappa shape index (κ2) is 5.88. The molecule has 2 aliphatic rings. The zero-order valence-electron chi connectivity index (χ0n) is 14.2. The zero-order chi connectivity index (χ0) is 17.6. The highest BCUT2D eigenvalue weighted by Gasteiger charge is 2.54. The van der Waals surface area contributed by atoms with Crippen LogP contribution < -0.4 is 0 Å². The number of carbonyl (C=O) groups is 2. The monoisotopic (exact) mass is 342 g/mol. The van der Waals surface area contributed by atoms with Gasteiger partial charge < -0.3 is 19.7 Å². The maximum absolute atomic E-state index is 12.9. The van der Waals surface area contributed by atoms with E-state index in [4.69, 9.17) is 4.74 Å². The predicted molar refractivity (Wildman–Crippen MR) is 92.3 cm³/mol. The van der Waals surface area contributed by atoms with Crippen LogP contribution in [0.5, 0.6) is 0 Å². The first kappa shape index (κ1) is 16.1. The molecule has 0 unspecified atom stereocenters. The summed E-state index contributed by atoms with van der Waals surface area (Å²) in [6.07, 6.45) is 0.766. The van der Waals surface area contributed by atoms with E-state index in [2.05, 4.69) is 4.98 Å². The van der Waals surface area contributed by atoms with Gasteiger partial charge in [-0.1, -0.05) is 18.2 Å². The molecule has 0 aliphatic carbocycles. The molecule has 25 heavy (non-hydrogen) atoms. The number of hydrogen-bond acceptors (Lipinski definition) is 3. The number of nitrogens with one attached hydrogen (secondary N) is 1. The zero-order valence-corrected chi connectivity index (χ0v) is 14.2. The van der Waals surface area contributed by atoms with Gasteiger partial charge in [0.25, 0.3) is 0 Å². The number of aromatic nitrogens is 1. The Morgan fingerprint density at radius 1 is 1.40 bits per heavy atom. The van der Waals surface area contributed by atoms with Gasteiger partial charge in [0.1, 0.15) is 0 Å². The Labute approximate surface area is 145 Å². The number of benzene rings is 1. The summed E-state index contributed by atoms with van der Waals surface area (Å²) < 4.78 is 5.46. The molecule has 6 heteroatoms. The van der Waals surface area contributed by atoms with E-state index in [1.54, 1.807) is 4.90 Å². The fourth-order valence-electron chi connectivity index (χ4n) is 4.32. The Morgan fingerprint density at radius 2 is 2.20 bits per heavy atom. The lowest BCUT2D eigenvalue weighted by Gasteiger charge is -2.33. The second-order valence-corrected chi connectivity index (χ2v) is 7.21. The molecule has 0 bridgehead atoms. The highest BCUT2D eigenvalue weighted by molar-refractivity contribution is 5.90. The molecule has 3 heterocycles. The number of carboxylic acids is 1. The van der Waals surface area contributed by atoms with Crippen molar-refractivity contribution >= 4 is 22.8 Å². The van der Waals surface area contributed by atoms with Crippen LogP contribution in [0, 0.1) is 18.3 Å². The second-order valence-electron chi connectivity index (χ2n) is 7.21. The Kier molecular flexibility index (Phi) is 3.80. The number of rotatable bonds is 3. The molecular formula is C19H22N2O4. The van der Waals surface area contributed by atoms with Gasteiger partial charge in [0, 0.05) is 42.2 Å². The molecule has 0 spiro atoms. The van der Waals surface area contributed by atoms with Crippen molar-refractivity contribution in [3.8, 4) is 0 Å². The molecule has 2 N–H and O–H groups in total. The molecule has 1 aromatic heterocycles. The minimum Gasteiger partial charge on any atom is -0.481 e. The molecule has 4 rings (SSSR count). The summed E-state index contributed by atoms with van der Waals surface area (Å²) in [4.78, 5) is 29.8. The first-order valence-electron chi connectivity index (χ1n) is 8.66. The number of nitrogens with zero attached hydrogens (tertiary/aromatic N) is 1. The maximum Gasteiger partial charge on any atom is 0.311 e. The molecule has 1 aromatic carbocycles. The Balaban J connectivity index is 1.57. The van der Waals surface area contributed by atoms with Gasteiger partial charge in [0.05, 0.1) is 18.4 Å². The summed E-state index contributed by atoms with van der Waals surface area (Å²) in [5.41, 5.74) is 2.16. The number of hydrogen-bond donors (Lipinski definition) is 2. The van der Waals surface area contributed by atoms with Crippen molar-refractivity contribution in [1.29, 1.82) is 0 Å². The van der Waals surface area contributed by atoms with E-state index in [9.17, 15) is 14.7 Å². The van der Waals surface area contributed by atoms with Gasteiger partial charge in [-0.2, -0.15) is 0 Å². The van der Waals surface area contributed by atoms with Crippen molar-refractivity contribution < 1.29 is 19.4 Å². The first-order valence-corrected chi connectivity index (χ1v) is 8.66. The summed E-state index contributed by atoms with van der Waals surface area (Å²) in [5.74, 6) is -0.936. The summed E-state index contributed by atoms with van der Waals surface area (Å²) in [6, 6.07) is 7.94. The van der Waals surface area contributed by atoms with Gasteiger partial charge in [0.2, 0.25) is 5.91 Å². The minimum absolute atomic E-state index is 0.0112. The molecule has 0 radical (unpaired) electrons. The van der Waals surface area contributed by atoms with Crippen LogP contribution in [0.15, 0.2) is 24.3 Å². The van der Waals surface area contributed by atoms with Crippen molar-refractivity contribution in [1.82, 2.24) is 9.88 Å². The summed E-state index contributed by atoms with van der Waals surface area (Å²) >= 11 is 0. The smallest absolute Gasteiger partial charge is 0.311 e. The van der Waals surface area contributed by atoms with Crippen LogP contribution in [-0.4, -0.2) is 53.2 Å². The standard InChI is InChI=1S/C19H22N2O4/c1-12-15(14-4-2-3-5-16(14)20-12)8-17(22)21-9-13-10-25-7-6-19(13,11-21)18(23)24/h2-5,13,20H,6-11H2,1H3,(H,23,24)/t13-,19+/m1/s1. The van der Waals surface area contributed by atoms with E-state index in [-0.39, 0.29) is 18.4 Å². The van der Waals surface area contributed by atoms with Crippen LogP contribution in [0.25, 0.3) is 10.9 Å². The van der Waals surface area contributed by atoms with Crippen molar-refractivity contribution in [3.63, 3.8) is 0 Å². The van der Waals surface area contributed by atoms with Crippen LogP contribution in [-0.2, 0) is 20.7 Å². The number of fused-ring (bicyclic) bond motifs is 2. The molecule has 2 aliphatic heterocycles. The van der Waals surface area contributed by atoms with Gasteiger partial charge >= 0.3 is 5.97 Å². The number of aliphatic carboxylic acids is 1. The summed E-state index contributed by atoms with van der Waals surface area (Å²) in [6.45, 7) is 3.59. The highest BCUT2D eigenvalue weighted by Crippen LogP contribution is 2.42. The normalized spacial score (nSPS) is 26.0. The van der Waals surface area contributed by atoms with Crippen LogP contribution >= 0.6 is 0 Å². The lowest BCUT2D eigenvalue weighted by atomic mass is 9.74. The topological polar surface area (TPSA) is 82.6 Å². The minimum atomic E-state index is -0.844. The van der Waals surface area contributed by atoms with Crippen molar-refractivity contribution in [3.05, 3.63) is 35.5 Å². The summed E-state index contributed by atoms with van der Waals surface area (Å²) in [7, 11) is 0. The summed E-state index contributed by atoms with van der Waals surface area (Å²) in [5, 5.41) is 10.8. The number of carbonyl (C=O) groups excluding carboxylic acids is 1. The first-order chi connectivity index (χ1) is 12.0. The number of carboxylic acid groups (broad SMARTS) is 1. The number of H-pyrrole nitrogens is 1. The van der Waals surface area contributed by atoms with Crippen LogP contribution in [0.3, 0.4) is 0 Å². The van der Waals surface area contributed by atoms with Gasteiger partial charge in [-0.3, -0.25) is 9.59 Å². The van der Waals surface area contributed by atoms with Gasteiger partial charge in [-0.25, -0.2) is 0 Å². The van der Waals surface area contributed by atoms with Crippen molar-refractivity contribution in [2.24, 2.45) is 11.3 Å². The average Bonchev–Trinajstić information content (AvgIpc) is 3.14. The molecule has 2 saturated heterocycles. The van der Waals surface area contributed by atoms with Gasteiger partial charge in [-0.05, 0) is 25.0 Å². The molecule has 6 nitrogen and oxygen atoms in total. The van der Waals surface area contributed by atoms with E-state index >= 15 is 0 Å². The van der Waals surface area contributed by atoms with Crippen molar-refractivity contribution in [2.75, 3.05) is 26.3 Å². The lowest BCUT2D eigenvalue weighted by molar-refractivity contribution is -0.157. The average molecular weight is 342 g/mol. The molecule has 2 aromatic rings. The fourth-order valence-corrected chi connectivity index (χ4v) is 4.32. The lowest BCUT2D eigenvalue weighted by Crippen LogP contribution is -2.45. The van der Waals surface area contributed by atoms with Gasteiger partial charge in [0.15, 0.2) is 0 Å². The number of likely N-dealkylation sites (tertiary alicyclic amines) is 1. The molecule has 2 fully saturated rings. The Bertz CT molecular complexity index is 843. The molecule has 0 saturated carbocycles. The quantitative estimate of drug-likeness (QED) is 0.893. The SMILES string of the molecule is Cc1[nH]c2ccccc2c1CC(=O)N1C[C@@H]2COCC[C@]2(C(=O)O)C1. The van der Waals surface area contributed by atoms with E-state index in [1.165, 1.54) is 0 Å². The van der Waals surface area contributed by atoms with E-state index < -0.39 is 11.4 Å². The molecule has 2 atom stereocenters. The van der Waals surface area contributed by atoms with Crippen LogP contribution in [0.1, 0.15) is 17.7 Å². The number of ether oxygens (including phenoxy) is 1. The number of para-hydroxylation sites is 1. The number of aryl methyl sites for hydroxylation is 1. The fraction of sp³-hybridized carbons (Fsp3) is 0.474. The number of amides is 1. The van der Waals surface area contributed by atoms with E-state index in [0.717, 1.165) is 22.2 Å². The Morgan fingerprint density at radius 3 is 2.96 bits per heavy atom. The molecular weight excluding hydrogens is 320 g/mol. The van der Waals surface area contributed by atoms with Crippen LogP contribution in [0.2, 0.25) is 0 Å². The number of aromatic amines is 1. The van der Waals surface area contributed by atoms with Gasteiger partial charge in [-0.15, -0.1) is 0 Å². The predicted octanol–water partition coefficient (Wildman–Crippen LogP) is 1.97. The third kappa shape index (κ3) is 2.52. The largest absolute Gasteiger partial charge is 0.481 e.